The molecule has 2 aliphatic heterocycles. The number of fused-ring (bicyclic) bond motifs is 2. The first kappa shape index (κ1) is 16.9. The number of thioether (sulfide) groups is 1. The average Bonchev–Trinajstić information content (AvgIpc) is 2.60. The molecule has 1 N–H and O–H groups in total. The van der Waals surface area contributed by atoms with Crippen molar-refractivity contribution < 1.29 is 9.53 Å². The standard InChI is InChI=1S/C16H30N2O2S/c1-11(10-21-5)17-12-8-13-6-7-14(9-12)18(13)15(19)20-16(2,3)4/h11-14,17H,6-10H2,1-5H3/t11-,13-,14-/m0/s1. The summed E-state index contributed by atoms with van der Waals surface area (Å²) in [6, 6.07) is 1.80. The number of piperidine rings is 1. The Morgan fingerprint density at radius 1 is 1.33 bits per heavy atom. The third-order valence-corrected chi connectivity index (χ3v) is 5.11. The Morgan fingerprint density at radius 2 is 1.90 bits per heavy atom. The maximum atomic E-state index is 12.4. The average molecular weight is 314 g/mol. The van der Waals surface area contributed by atoms with E-state index < -0.39 is 5.60 Å². The Kier molecular flexibility index (Phi) is 5.47. The van der Waals surface area contributed by atoms with Crippen molar-refractivity contribution in [3.63, 3.8) is 0 Å². The quantitative estimate of drug-likeness (QED) is 0.865. The number of amides is 1. The topological polar surface area (TPSA) is 41.6 Å². The fourth-order valence-corrected chi connectivity index (χ4v) is 4.22. The van der Waals surface area contributed by atoms with Gasteiger partial charge in [-0.1, -0.05) is 0 Å². The zero-order valence-corrected chi connectivity index (χ0v) is 14.8. The maximum absolute atomic E-state index is 12.4. The molecule has 2 fully saturated rings. The number of carbonyl (C=O) groups excluding carboxylic acids is 1. The van der Waals surface area contributed by atoms with Crippen molar-refractivity contribution in [2.75, 3.05) is 12.0 Å². The molecule has 0 aliphatic carbocycles. The van der Waals surface area contributed by atoms with Gasteiger partial charge in [0.1, 0.15) is 5.60 Å². The van der Waals surface area contributed by atoms with E-state index in [-0.39, 0.29) is 6.09 Å². The van der Waals surface area contributed by atoms with Gasteiger partial charge in [-0.05, 0) is 59.6 Å². The van der Waals surface area contributed by atoms with Crippen LogP contribution >= 0.6 is 11.8 Å². The van der Waals surface area contributed by atoms with Crippen LogP contribution in [0, 0.1) is 0 Å². The van der Waals surface area contributed by atoms with Gasteiger partial charge in [0.05, 0.1) is 0 Å². The lowest BCUT2D eigenvalue weighted by atomic mass is 9.97. The number of nitrogens with zero attached hydrogens (tertiary/aromatic N) is 1. The summed E-state index contributed by atoms with van der Waals surface area (Å²) in [5.41, 5.74) is -0.404. The number of nitrogens with one attached hydrogen (secondary N) is 1. The van der Waals surface area contributed by atoms with Crippen LogP contribution in [0.15, 0.2) is 0 Å². The molecule has 5 heteroatoms. The highest BCUT2D eigenvalue weighted by molar-refractivity contribution is 7.98. The van der Waals surface area contributed by atoms with Gasteiger partial charge in [0.25, 0.3) is 0 Å². The Hall–Kier alpha value is -0.420. The molecule has 3 atom stereocenters. The second-order valence-corrected chi connectivity index (χ2v) is 8.37. The van der Waals surface area contributed by atoms with Gasteiger partial charge in [0.2, 0.25) is 0 Å². The Labute approximate surface area is 133 Å². The highest BCUT2D eigenvalue weighted by Crippen LogP contribution is 2.37. The zero-order valence-electron chi connectivity index (χ0n) is 14.0. The maximum Gasteiger partial charge on any atom is 0.410 e. The second kappa shape index (κ2) is 6.78. The molecule has 0 radical (unpaired) electrons. The summed E-state index contributed by atoms with van der Waals surface area (Å²) in [4.78, 5) is 14.4. The van der Waals surface area contributed by atoms with E-state index in [1.165, 1.54) is 0 Å². The molecule has 0 spiro atoms. The van der Waals surface area contributed by atoms with Gasteiger partial charge >= 0.3 is 6.09 Å². The van der Waals surface area contributed by atoms with E-state index in [9.17, 15) is 4.79 Å². The van der Waals surface area contributed by atoms with E-state index in [0.717, 1.165) is 31.4 Å². The Balaban J connectivity index is 1.91. The van der Waals surface area contributed by atoms with Crippen LogP contribution in [-0.2, 0) is 4.74 Å². The van der Waals surface area contributed by atoms with Gasteiger partial charge in [-0.25, -0.2) is 4.79 Å². The molecule has 2 rings (SSSR count). The molecule has 4 nitrogen and oxygen atoms in total. The first-order valence-corrected chi connectivity index (χ1v) is 9.46. The molecule has 0 aromatic rings. The fourth-order valence-electron chi connectivity index (χ4n) is 3.63. The van der Waals surface area contributed by atoms with Crippen LogP contribution in [0.3, 0.4) is 0 Å². The molecule has 2 saturated heterocycles. The van der Waals surface area contributed by atoms with Crippen LogP contribution in [0.25, 0.3) is 0 Å². The SMILES string of the molecule is CSC[C@H](C)NC1C[C@@H]2CC[C@@H](C1)N2C(=O)OC(C)(C)C. The normalized spacial score (nSPS) is 30.3. The highest BCUT2D eigenvalue weighted by Gasteiger charge is 2.44. The number of hydrogen-bond donors (Lipinski definition) is 1. The van der Waals surface area contributed by atoms with Gasteiger partial charge in [-0.15, -0.1) is 0 Å². The summed E-state index contributed by atoms with van der Waals surface area (Å²) < 4.78 is 5.58. The van der Waals surface area contributed by atoms with E-state index in [2.05, 4.69) is 18.5 Å². The van der Waals surface area contributed by atoms with Gasteiger partial charge in [0.15, 0.2) is 0 Å². The summed E-state index contributed by atoms with van der Waals surface area (Å²) in [5.74, 6) is 1.14. The monoisotopic (exact) mass is 314 g/mol. The van der Waals surface area contributed by atoms with Crippen molar-refractivity contribution in [2.24, 2.45) is 0 Å². The molecule has 2 heterocycles. The van der Waals surface area contributed by atoms with Crippen LogP contribution in [0.4, 0.5) is 4.79 Å². The highest BCUT2D eigenvalue weighted by atomic mass is 32.2. The molecule has 21 heavy (non-hydrogen) atoms. The van der Waals surface area contributed by atoms with Crippen LogP contribution in [0.1, 0.15) is 53.4 Å². The number of ether oxygens (including phenoxy) is 1. The predicted molar refractivity (Wildman–Crippen MR) is 88.9 cm³/mol. The molecule has 2 aliphatic rings. The molecule has 0 saturated carbocycles. The minimum Gasteiger partial charge on any atom is -0.444 e. The first-order chi connectivity index (χ1) is 9.80. The second-order valence-electron chi connectivity index (χ2n) is 7.46. The van der Waals surface area contributed by atoms with E-state index in [1.54, 1.807) is 0 Å². The molecule has 0 unspecified atom stereocenters. The minimum absolute atomic E-state index is 0.120. The van der Waals surface area contributed by atoms with Crippen molar-refractivity contribution in [3.8, 4) is 0 Å². The van der Waals surface area contributed by atoms with Crippen molar-refractivity contribution >= 4 is 17.9 Å². The number of carbonyl (C=O) groups is 1. The fraction of sp³-hybridized carbons (Fsp3) is 0.938. The van der Waals surface area contributed by atoms with Crippen molar-refractivity contribution in [1.29, 1.82) is 0 Å². The summed E-state index contributed by atoms with van der Waals surface area (Å²) in [5, 5.41) is 3.73. The van der Waals surface area contributed by atoms with Crippen LogP contribution in [0.5, 0.6) is 0 Å². The van der Waals surface area contributed by atoms with E-state index in [0.29, 0.717) is 24.2 Å². The molecular formula is C16H30N2O2S. The summed E-state index contributed by atoms with van der Waals surface area (Å²) in [6.45, 7) is 8.06. The molecule has 0 aromatic carbocycles. The van der Waals surface area contributed by atoms with Gasteiger partial charge in [-0.3, -0.25) is 0 Å². The molecule has 122 valence electrons. The van der Waals surface area contributed by atoms with Crippen LogP contribution in [-0.4, -0.2) is 52.8 Å². The van der Waals surface area contributed by atoms with Crippen molar-refractivity contribution in [2.45, 2.75) is 83.1 Å². The minimum atomic E-state index is -0.404. The van der Waals surface area contributed by atoms with Crippen molar-refractivity contribution in [1.82, 2.24) is 10.2 Å². The predicted octanol–water partition coefficient (Wildman–Crippen LogP) is 3.26. The van der Waals surface area contributed by atoms with E-state index in [1.807, 2.05) is 37.4 Å². The third-order valence-electron chi connectivity index (χ3n) is 4.27. The zero-order chi connectivity index (χ0) is 15.6. The largest absolute Gasteiger partial charge is 0.444 e. The van der Waals surface area contributed by atoms with Crippen LogP contribution < -0.4 is 5.32 Å². The van der Waals surface area contributed by atoms with Crippen LogP contribution in [0.2, 0.25) is 0 Å². The Bertz CT molecular complexity index is 356. The van der Waals surface area contributed by atoms with E-state index >= 15 is 0 Å². The van der Waals surface area contributed by atoms with Gasteiger partial charge < -0.3 is 15.0 Å². The summed E-state index contributed by atoms with van der Waals surface area (Å²) in [7, 11) is 0. The molecular weight excluding hydrogens is 284 g/mol. The lowest BCUT2D eigenvalue weighted by molar-refractivity contribution is 0.00448. The lowest BCUT2D eigenvalue weighted by Crippen LogP contribution is -2.54. The van der Waals surface area contributed by atoms with E-state index in [4.69, 9.17) is 4.74 Å². The van der Waals surface area contributed by atoms with Gasteiger partial charge in [-0.2, -0.15) is 11.8 Å². The third kappa shape index (κ3) is 4.52. The summed E-state index contributed by atoms with van der Waals surface area (Å²) in [6.07, 6.45) is 6.40. The van der Waals surface area contributed by atoms with Crippen molar-refractivity contribution in [3.05, 3.63) is 0 Å². The molecule has 0 aromatic heterocycles. The molecule has 1 amide bonds. The smallest absolute Gasteiger partial charge is 0.410 e. The molecule has 2 bridgehead atoms. The summed E-state index contributed by atoms with van der Waals surface area (Å²) >= 11 is 1.88. The lowest BCUT2D eigenvalue weighted by Gasteiger charge is -2.40. The first-order valence-electron chi connectivity index (χ1n) is 8.06. The number of hydrogen-bond acceptors (Lipinski definition) is 4. The van der Waals surface area contributed by atoms with Gasteiger partial charge in [0, 0.05) is 29.9 Å². The number of rotatable bonds is 4. The Morgan fingerprint density at radius 3 is 2.38 bits per heavy atom.